The number of pyridine rings is 1. The first-order valence-corrected chi connectivity index (χ1v) is 8.95. The number of aromatic nitrogens is 1. The Labute approximate surface area is 153 Å². The van der Waals surface area contributed by atoms with Crippen LogP contribution in [0.3, 0.4) is 0 Å². The lowest BCUT2D eigenvalue weighted by molar-refractivity contribution is 0.0161. The van der Waals surface area contributed by atoms with Gasteiger partial charge in [0.2, 0.25) is 0 Å². The molecule has 1 saturated heterocycles. The van der Waals surface area contributed by atoms with E-state index in [-0.39, 0.29) is 11.8 Å². The predicted molar refractivity (Wildman–Crippen MR) is 98.9 cm³/mol. The molecule has 1 fully saturated rings. The first kappa shape index (κ1) is 18.1. The van der Waals surface area contributed by atoms with Gasteiger partial charge < -0.3 is 15.2 Å². The largest absolute Gasteiger partial charge is 0.506 e. The molecule has 1 aliphatic heterocycles. The fourth-order valence-electron chi connectivity index (χ4n) is 3.09. The Hall–Kier alpha value is -1.66. The van der Waals surface area contributed by atoms with Crippen LogP contribution in [0.25, 0.3) is 0 Å². The van der Waals surface area contributed by atoms with Crippen molar-refractivity contribution in [2.45, 2.75) is 19.5 Å². The minimum atomic E-state index is 0.229. The summed E-state index contributed by atoms with van der Waals surface area (Å²) in [5, 5.41) is 14.1. The molecule has 2 aromatic rings. The standard InChI is InChI=1S/C19H24ClN3O2/c1-14-2-7-19(24)17(22-14)12-21-13-18(23-8-10-25-11-9-23)15-3-5-16(20)6-4-15/h2-7,18,21,24H,8-13H2,1H3. The number of aromatic hydroxyl groups is 1. The zero-order valence-electron chi connectivity index (χ0n) is 14.4. The molecule has 1 aliphatic rings. The maximum Gasteiger partial charge on any atom is 0.138 e. The van der Waals surface area contributed by atoms with Crippen molar-refractivity contribution in [2.24, 2.45) is 0 Å². The third-order valence-corrected chi connectivity index (χ3v) is 4.71. The quantitative estimate of drug-likeness (QED) is 0.828. The van der Waals surface area contributed by atoms with Gasteiger partial charge in [-0.25, -0.2) is 0 Å². The van der Waals surface area contributed by atoms with Crippen molar-refractivity contribution in [2.75, 3.05) is 32.8 Å². The van der Waals surface area contributed by atoms with Gasteiger partial charge in [-0.1, -0.05) is 23.7 Å². The summed E-state index contributed by atoms with van der Waals surface area (Å²) < 4.78 is 5.48. The summed E-state index contributed by atoms with van der Waals surface area (Å²) in [6.45, 7) is 6.53. The molecule has 1 aromatic heterocycles. The summed E-state index contributed by atoms with van der Waals surface area (Å²) >= 11 is 6.03. The molecule has 1 unspecified atom stereocenters. The van der Waals surface area contributed by atoms with Crippen molar-refractivity contribution >= 4 is 11.6 Å². The molecule has 3 rings (SSSR count). The van der Waals surface area contributed by atoms with Crippen LogP contribution in [0.15, 0.2) is 36.4 Å². The Kier molecular flexibility index (Phi) is 6.26. The molecule has 5 nitrogen and oxygen atoms in total. The zero-order valence-corrected chi connectivity index (χ0v) is 15.2. The molecule has 1 atom stereocenters. The topological polar surface area (TPSA) is 57.6 Å². The van der Waals surface area contributed by atoms with Gasteiger partial charge in [0.25, 0.3) is 0 Å². The van der Waals surface area contributed by atoms with Crippen molar-refractivity contribution in [1.29, 1.82) is 0 Å². The highest BCUT2D eigenvalue weighted by atomic mass is 35.5. The molecule has 25 heavy (non-hydrogen) atoms. The number of hydrogen-bond donors (Lipinski definition) is 2. The number of ether oxygens (including phenoxy) is 1. The van der Waals surface area contributed by atoms with Crippen molar-refractivity contribution in [3.8, 4) is 5.75 Å². The summed E-state index contributed by atoms with van der Waals surface area (Å²) in [7, 11) is 0. The number of morpholine rings is 1. The van der Waals surface area contributed by atoms with E-state index in [1.165, 1.54) is 5.56 Å². The fraction of sp³-hybridized carbons (Fsp3) is 0.421. The summed E-state index contributed by atoms with van der Waals surface area (Å²) in [5.41, 5.74) is 2.80. The van der Waals surface area contributed by atoms with Crippen LogP contribution >= 0.6 is 11.6 Å². The van der Waals surface area contributed by atoms with Gasteiger partial charge >= 0.3 is 0 Å². The molecular weight excluding hydrogens is 338 g/mol. The van der Waals surface area contributed by atoms with E-state index in [1.54, 1.807) is 6.07 Å². The molecule has 0 radical (unpaired) electrons. The van der Waals surface area contributed by atoms with Gasteiger partial charge in [-0.3, -0.25) is 9.88 Å². The molecule has 0 aliphatic carbocycles. The molecule has 6 heteroatoms. The second kappa shape index (κ2) is 8.63. The molecule has 0 bridgehead atoms. The average Bonchev–Trinajstić information content (AvgIpc) is 2.63. The van der Waals surface area contributed by atoms with Gasteiger partial charge in [0.15, 0.2) is 0 Å². The molecule has 2 N–H and O–H groups in total. The summed E-state index contributed by atoms with van der Waals surface area (Å²) in [4.78, 5) is 6.82. The number of aryl methyl sites for hydroxylation is 1. The summed E-state index contributed by atoms with van der Waals surface area (Å²) in [6, 6.07) is 11.7. The highest BCUT2D eigenvalue weighted by Gasteiger charge is 2.22. The van der Waals surface area contributed by atoms with Crippen LogP contribution in [0.2, 0.25) is 5.02 Å². The highest BCUT2D eigenvalue weighted by molar-refractivity contribution is 6.30. The normalized spacial score (nSPS) is 16.7. The Bertz CT molecular complexity index is 688. The highest BCUT2D eigenvalue weighted by Crippen LogP contribution is 2.23. The van der Waals surface area contributed by atoms with Crippen LogP contribution in [0.4, 0.5) is 0 Å². The maximum atomic E-state index is 9.95. The number of nitrogens with one attached hydrogen (secondary N) is 1. The van der Waals surface area contributed by atoms with Gasteiger partial charge in [0, 0.05) is 42.9 Å². The second-order valence-corrected chi connectivity index (χ2v) is 6.70. The first-order chi connectivity index (χ1) is 12.1. The van der Waals surface area contributed by atoms with Crippen LogP contribution in [0.1, 0.15) is 23.0 Å². The van der Waals surface area contributed by atoms with Crippen molar-refractivity contribution < 1.29 is 9.84 Å². The molecule has 134 valence electrons. The fourth-order valence-corrected chi connectivity index (χ4v) is 3.22. The van der Waals surface area contributed by atoms with E-state index in [9.17, 15) is 5.11 Å². The van der Waals surface area contributed by atoms with Gasteiger partial charge in [-0.05, 0) is 36.8 Å². The number of rotatable bonds is 6. The van der Waals surface area contributed by atoms with E-state index in [0.717, 1.165) is 43.6 Å². The smallest absolute Gasteiger partial charge is 0.138 e. The van der Waals surface area contributed by atoms with E-state index in [0.29, 0.717) is 12.2 Å². The van der Waals surface area contributed by atoms with Crippen molar-refractivity contribution in [3.05, 3.63) is 58.4 Å². The first-order valence-electron chi connectivity index (χ1n) is 8.57. The summed E-state index contributed by atoms with van der Waals surface area (Å²) in [5.74, 6) is 0.229. The number of benzene rings is 1. The lowest BCUT2D eigenvalue weighted by atomic mass is 10.0. The molecule has 2 heterocycles. The Morgan fingerprint density at radius 2 is 1.92 bits per heavy atom. The van der Waals surface area contributed by atoms with E-state index in [4.69, 9.17) is 16.3 Å². The monoisotopic (exact) mass is 361 g/mol. The average molecular weight is 362 g/mol. The van der Waals surface area contributed by atoms with E-state index in [1.807, 2.05) is 25.1 Å². The van der Waals surface area contributed by atoms with Crippen LogP contribution in [-0.4, -0.2) is 47.8 Å². The second-order valence-electron chi connectivity index (χ2n) is 6.27. The number of hydrogen-bond acceptors (Lipinski definition) is 5. The number of halogens is 1. The Morgan fingerprint density at radius 1 is 1.20 bits per heavy atom. The SMILES string of the molecule is Cc1ccc(O)c(CNCC(c2ccc(Cl)cc2)N2CCOCC2)n1. The lowest BCUT2D eigenvalue weighted by Gasteiger charge is -2.35. The third-order valence-electron chi connectivity index (χ3n) is 4.46. The van der Waals surface area contributed by atoms with E-state index >= 15 is 0 Å². The molecule has 0 spiro atoms. The molecule has 1 aromatic carbocycles. The minimum absolute atomic E-state index is 0.229. The van der Waals surface area contributed by atoms with Crippen LogP contribution in [0.5, 0.6) is 5.75 Å². The van der Waals surface area contributed by atoms with Crippen LogP contribution < -0.4 is 5.32 Å². The summed E-state index contributed by atoms with van der Waals surface area (Å²) in [6.07, 6.45) is 0. The number of nitrogens with zero attached hydrogens (tertiary/aromatic N) is 2. The third kappa shape index (κ3) is 4.92. The van der Waals surface area contributed by atoms with Crippen LogP contribution in [-0.2, 0) is 11.3 Å². The lowest BCUT2D eigenvalue weighted by Crippen LogP contribution is -2.42. The van der Waals surface area contributed by atoms with Gasteiger partial charge in [0.1, 0.15) is 5.75 Å². The minimum Gasteiger partial charge on any atom is -0.506 e. The van der Waals surface area contributed by atoms with E-state index in [2.05, 4.69) is 27.3 Å². The van der Waals surface area contributed by atoms with E-state index < -0.39 is 0 Å². The van der Waals surface area contributed by atoms with Crippen molar-refractivity contribution in [1.82, 2.24) is 15.2 Å². The molecule has 0 saturated carbocycles. The Balaban J connectivity index is 1.68. The van der Waals surface area contributed by atoms with Gasteiger partial charge in [-0.2, -0.15) is 0 Å². The van der Waals surface area contributed by atoms with Gasteiger partial charge in [0.05, 0.1) is 18.9 Å². The van der Waals surface area contributed by atoms with Crippen LogP contribution in [0, 0.1) is 6.92 Å². The molecular formula is C19H24ClN3O2. The van der Waals surface area contributed by atoms with Gasteiger partial charge in [-0.15, -0.1) is 0 Å². The molecule has 0 amide bonds. The van der Waals surface area contributed by atoms with Crippen molar-refractivity contribution in [3.63, 3.8) is 0 Å². The maximum absolute atomic E-state index is 9.95. The predicted octanol–water partition coefficient (Wildman–Crippen LogP) is 2.91. The zero-order chi connectivity index (χ0) is 17.6. The Morgan fingerprint density at radius 3 is 2.64 bits per heavy atom.